The van der Waals surface area contributed by atoms with E-state index in [-0.39, 0.29) is 0 Å². The summed E-state index contributed by atoms with van der Waals surface area (Å²) in [5.74, 6) is -0.870. The summed E-state index contributed by atoms with van der Waals surface area (Å²) in [5, 5.41) is 12.7. The normalized spacial score (nSPS) is 11.9. The zero-order valence-electron chi connectivity index (χ0n) is 12.0. The molecule has 0 aliphatic carbocycles. The van der Waals surface area contributed by atoms with E-state index in [2.05, 4.69) is 5.32 Å². The number of benzene rings is 2. The summed E-state index contributed by atoms with van der Waals surface area (Å²) in [4.78, 5) is 11.7. The highest BCUT2D eigenvalue weighted by atomic mass is 16.4. The van der Waals surface area contributed by atoms with Gasteiger partial charge in [0.05, 0.1) is 0 Å². The van der Waals surface area contributed by atoms with Crippen LogP contribution in [0.15, 0.2) is 42.5 Å². The van der Waals surface area contributed by atoms with Crippen molar-refractivity contribution in [1.82, 2.24) is 0 Å². The summed E-state index contributed by atoms with van der Waals surface area (Å²) < 4.78 is 0. The van der Waals surface area contributed by atoms with Crippen LogP contribution in [0.25, 0.3) is 0 Å². The Kier molecular flexibility index (Phi) is 4.08. The van der Waals surface area contributed by atoms with Gasteiger partial charge in [-0.15, -0.1) is 0 Å². The predicted molar refractivity (Wildman–Crippen MR) is 81.1 cm³/mol. The highest BCUT2D eigenvalue weighted by Crippen LogP contribution is 2.27. The molecule has 2 aromatic rings. The fourth-order valence-electron chi connectivity index (χ4n) is 2.43. The first kappa shape index (κ1) is 14.1. The van der Waals surface area contributed by atoms with Crippen LogP contribution < -0.4 is 5.32 Å². The maximum atomic E-state index is 11.7. The van der Waals surface area contributed by atoms with Crippen LogP contribution >= 0.6 is 0 Å². The lowest BCUT2D eigenvalue weighted by molar-refractivity contribution is -0.138. The van der Waals surface area contributed by atoms with Crippen LogP contribution in [0.4, 0.5) is 5.69 Å². The fraction of sp³-hybridized carbons (Fsp3) is 0.235. The highest BCUT2D eigenvalue weighted by molar-refractivity contribution is 5.80. The van der Waals surface area contributed by atoms with Crippen LogP contribution in [0.3, 0.4) is 0 Å². The number of hydrogen-bond acceptors (Lipinski definition) is 2. The number of carbonyl (C=O) groups is 1. The van der Waals surface area contributed by atoms with E-state index in [1.54, 1.807) is 0 Å². The van der Waals surface area contributed by atoms with Crippen molar-refractivity contribution in [2.24, 2.45) is 0 Å². The number of carboxylic acids is 1. The molecule has 3 nitrogen and oxygen atoms in total. The third kappa shape index (κ3) is 2.82. The van der Waals surface area contributed by atoms with Crippen LogP contribution in [0.5, 0.6) is 0 Å². The summed E-state index contributed by atoms with van der Waals surface area (Å²) in [6.45, 7) is 5.85. The summed E-state index contributed by atoms with van der Waals surface area (Å²) in [6, 6.07) is 12.8. The van der Waals surface area contributed by atoms with E-state index in [1.807, 2.05) is 63.2 Å². The van der Waals surface area contributed by atoms with Gasteiger partial charge in [0.15, 0.2) is 6.04 Å². The van der Waals surface area contributed by atoms with Crippen LogP contribution in [-0.2, 0) is 4.79 Å². The van der Waals surface area contributed by atoms with Crippen molar-refractivity contribution in [3.63, 3.8) is 0 Å². The highest BCUT2D eigenvalue weighted by Gasteiger charge is 2.23. The average molecular weight is 269 g/mol. The molecule has 2 aromatic carbocycles. The molecule has 1 unspecified atom stereocenters. The minimum Gasteiger partial charge on any atom is -0.479 e. The number of carboxylic acid groups (broad SMARTS) is 1. The molecule has 0 saturated carbocycles. The molecule has 0 radical (unpaired) electrons. The van der Waals surface area contributed by atoms with Gasteiger partial charge >= 0.3 is 5.97 Å². The Balaban J connectivity index is 2.43. The van der Waals surface area contributed by atoms with Gasteiger partial charge < -0.3 is 10.4 Å². The molecule has 1 atom stereocenters. The third-order valence-electron chi connectivity index (χ3n) is 3.52. The van der Waals surface area contributed by atoms with Gasteiger partial charge in [-0.3, -0.25) is 0 Å². The molecular formula is C17H19NO2. The molecule has 104 valence electrons. The lowest BCUT2D eigenvalue weighted by Crippen LogP contribution is -2.22. The summed E-state index contributed by atoms with van der Waals surface area (Å²) >= 11 is 0. The Hall–Kier alpha value is -2.29. The van der Waals surface area contributed by atoms with E-state index < -0.39 is 12.0 Å². The molecule has 0 aromatic heterocycles. The minimum atomic E-state index is -0.870. The summed E-state index contributed by atoms with van der Waals surface area (Å²) in [7, 11) is 0. The molecule has 0 bridgehead atoms. The first-order valence-electron chi connectivity index (χ1n) is 6.62. The van der Waals surface area contributed by atoms with Gasteiger partial charge in [-0.2, -0.15) is 0 Å². The molecule has 0 amide bonds. The lowest BCUT2D eigenvalue weighted by atomic mass is 9.95. The topological polar surface area (TPSA) is 49.3 Å². The summed E-state index contributed by atoms with van der Waals surface area (Å²) in [5.41, 5.74) is 4.69. The van der Waals surface area contributed by atoms with Crippen molar-refractivity contribution in [2.45, 2.75) is 26.8 Å². The van der Waals surface area contributed by atoms with Crippen molar-refractivity contribution in [3.05, 3.63) is 64.7 Å². The molecule has 2 rings (SSSR count). The number of hydrogen-bond donors (Lipinski definition) is 2. The van der Waals surface area contributed by atoms with Gasteiger partial charge in [0.2, 0.25) is 0 Å². The molecular weight excluding hydrogens is 250 g/mol. The van der Waals surface area contributed by atoms with Crippen LogP contribution in [0.2, 0.25) is 0 Å². The SMILES string of the molecule is Cc1ccccc1NC(C(=O)O)c1c(C)cccc1C. The van der Waals surface area contributed by atoms with Crippen LogP contribution in [0, 0.1) is 20.8 Å². The summed E-state index contributed by atoms with van der Waals surface area (Å²) in [6.07, 6.45) is 0. The molecule has 0 spiro atoms. The van der Waals surface area contributed by atoms with E-state index in [1.165, 1.54) is 0 Å². The average Bonchev–Trinajstić information content (AvgIpc) is 2.39. The molecule has 0 heterocycles. The Bertz CT molecular complexity index is 614. The Morgan fingerprint density at radius 2 is 1.50 bits per heavy atom. The third-order valence-corrected chi connectivity index (χ3v) is 3.52. The molecule has 0 fully saturated rings. The van der Waals surface area contributed by atoms with Gasteiger partial charge in [-0.1, -0.05) is 36.4 Å². The second-order valence-corrected chi connectivity index (χ2v) is 5.04. The molecule has 0 saturated heterocycles. The quantitative estimate of drug-likeness (QED) is 0.886. The van der Waals surface area contributed by atoms with Crippen molar-refractivity contribution in [3.8, 4) is 0 Å². The zero-order chi connectivity index (χ0) is 14.7. The molecule has 0 aliphatic rings. The minimum absolute atomic E-state index is 0.739. The largest absolute Gasteiger partial charge is 0.479 e. The second kappa shape index (κ2) is 5.78. The number of anilines is 1. The van der Waals surface area contributed by atoms with E-state index >= 15 is 0 Å². The number of para-hydroxylation sites is 1. The maximum absolute atomic E-state index is 11.7. The predicted octanol–water partition coefficient (Wildman–Crippen LogP) is 3.85. The van der Waals surface area contributed by atoms with Crippen LogP contribution in [0.1, 0.15) is 28.3 Å². The van der Waals surface area contributed by atoms with Gasteiger partial charge in [-0.05, 0) is 49.1 Å². The Labute approximate surface area is 119 Å². The number of rotatable bonds is 4. The van der Waals surface area contributed by atoms with E-state index in [9.17, 15) is 9.90 Å². The first-order valence-corrected chi connectivity index (χ1v) is 6.62. The monoisotopic (exact) mass is 269 g/mol. The Morgan fingerprint density at radius 3 is 2.05 bits per heavy atom. The van der Waals surface area contributed by atoms with Crippen molar-refractivity contribution < 1.29 is 9.90 Å². The van der Waals surface area contributed by atoms with Crippen molar-refractivity contribution in [2.75, 3.05) is 5.32 Å². The second-order valence-electron chi connectivity index (χ2n) is 5.04. The van der Waals surface area contributed by atoms with Crippen molar-refractivity contribution >= 4 is 11.7 Å². The van der Waals surface area contributed by atoms with Gasteiger partial charge in [0.25, 0.3) is 0 Å². The number of nitrogens with one attached hydrogen (secondary N) is 1. The molecule has 0 aliphatic heterocycles. The van der Waals surface area contributed by atoms with E-state index in [0.717, 1.165) is 27.9 Å². The molecule has 2 N–H and O–H groups in total. The number of aryl methyl sites for hydroxylation is 3. The molecule has 3 heteroatoms. The Morgan fingerprint density at radius 1 is 0.950 bits per heavy atom. The van der Waals surface area contributed by atoms with Crippen molar-refractivity contribution in [1.29, 1.82) is 0 Å². The maximum Gasteiger partial charge on any atom is 0.330 e. The fourth-order valence-corrected chi connectivity index (χ4v) is 2.43. The van der Waals surface area contributed by atoms with E-state index in [0.29, 0.717) is 0 Å². The number of aliphatic carboxylic acids is 1. The first-order chi connectivity index (χ1) is 9.50. The molecule has 20 heavy (non-hydrogen) atoms. The lowest BCUT2D eigenvalue weighted by Gasteiger charge is -2.21. The van der Waals surface area contributed by atoms with Gasteiger partial charge in [0, 0.05) is 5.69 Å². The van der Waals surface area contributed by atoms with Gasteiger partial charge in [-0.25, -0.2) is 4.79 Å². The van der Waals surface area contributed by atoms with Gasteiger partial charge in [0.1, 0.15) is 0 Å². The zero-order valence-corrected chi connectivity index (χ0v) is 12.0. The smallest absolute Gasteiger partial charge is 0.330 e. The van der Waals surface area contributed by atoms with Crippen LogP contribution in [-0.4, -0.2) is 11.1 Å². The van der Waals surface area contributed by atoms with E-state index in [4.69, 9.17) is 0 Å². The standard InChI is InChI=1S/C17H19NO2/c1-11-7-4-5-10-14(11)18-16(17(19)20)15-12(2)8-6-9-13(15)3/h4-10,16,18H,1-3H3,(H,19,20).